The average molecular weight is 317 g/mol. The van der Waals surface area contributed by atoms with Gasteiger partial charge in [-0.25, -0.2) is 0 Å². The molecule has 2 fully saturated rings. The molecule has 2 amide bonds. The Labute approximate surface area is 136 Å². The van der Waals surface area contributed by atoms with E-state index in [1.165, 1.54) is 0 Å². The summed E-state index contributed by atoms with van der Waals surface area (Å²) in [6.07, 6.45) is 3.74. The second kappa shape index (κ2) is 7.00. The molecule has 2 aliphatic rings. The molecule has 6 heteroatoms. The molecule has 6 nitrogen and oxygen atoms in total. The van der Waals surface area contributed by atoms with Crippen LogP contribution < -0.4 is 20.7 Å². The number of hydrogen-bond donors (Lipinski definition) is 2. The third-order valence-corrected chi connectivity index (χ3v) is 4.36. The van der Waals surface area contributed by atoms with Crippen molar-refractivity contribution in [1.82, 2.24) is 5.32 Å². The molecule has 0 aromatic heterocycles. The van der Waals surface area contributed by atoms with Crippen LogP contribution in [-0.2, 0) is 9.59 Å². The minimum atomic E-state index is -0.157. The molecule has 23 heavy (non-hydrogen) atoms. The Balaban J connectivity index is 1.53. The van der Waals surface area contributed by atoms with Crippen molar-refractivity contribution in [3.63, 3.8) is 0 Å². The maximum atomic E-state index is 12.0. The number of nitrogens with zero attached hydrogens (tertiary/aromatic N) is 1. The normalized spacial score (nSPS) is 18.8. The molecule has 1 atom stereocenters. The highest BCUT2D eigenvalue weighted by Crippen LogP contribution is 2.32. The van der Waals surface area contributed by atoms with Gasteiger partial charge in [-0.2, -0.15) is 0 Å². The first kappa shape index (κ1) is 15.8. The molecule has 0 radical (unpaired) electrons. The number of hydrogen-bond acceptors (Lipinski definition) is 4. The number of ether oxygens (including phenoxy) is 1. The molecule has 0 bridgehead atoms. The van der Waals surface area contributed by atoms with Gasteiger partial charge in [0.05, 0.1) is 0 Å². The van der Waals surface area contributed by atoms with E-state index in [4.69, 9.17) is 10.5 Å². The number of nitrogens with one attached hydrogen (secondary N) is 1. The van der Waals surface area contributed by atoms with E-state index in [2.05, 4.69) is 5.32 Å². The predicted octanol–water partition coefficient (Wildman–Crippen LogP) is 1.05. The van der Waals surface area contributed by atoms with Crippen LogP contribution in [0.25, 0.3) is 0 Å². The van der Waals surface area contributed by atoms with Crippen molar-refractivity contribution >= 4 is 17.5 Å². The lowest BCUT2D eigenvalue weighted by Crippen LogP contribution is -2.43. The molecule has 1 heterocycles. The van der Waals surface area contributed by atoms with Gasteiger partial charge in [-0.15, -0.1) is 0 Å². The number of rotatable bonds is 7. The van der Waals surface area contributed by atoms with Crippen LogP contribution in [0.15, 0.2) is 24.3 Å². The summed E-state index contributed by atoms with van der Waals surface area (Å²) < 4.78 is 5.56. The fraction of sp³-hybridized carbons (Fsp3) is 0.529. The van der Waals surface area contributed by atoms with Crippen molar-refractivity contribution in [3.8, 4) is 5.75 Å². The minimum absolute atomic E-state index is 0.0411. The van der Waals surface area contributed by atoms with Crippen molar-refractivity contribution in [2.45, 2.75) is 31.7 Å². The molecule has 1 unspecified atom stereocenters. The molecule has 3 N–H and O–H groups in total. The molecule has 1 saturated heterocycles. The quantitative estimate of drug-likeness (QED) is 0.787. The van der Waals surface area contributed by atoms with Gasteiger partial charge in [0.1, 0.15) is 5.75 Å². The Morgan fingerprint density at radius 3 is 2.91 bits per heavy atom. The number of carbonyl (C=O) groups excluding carboxylic acids is 2. The molecule has 1 saturated carbocycles. The highest BCUT2D eigenvalue weighted by molar-refractivity contribution is 5.95. The summed E-state index contributed by atoms with van der Waals surface area (Å²) in [5.74, 6) is 1.09. The zero-order valence-electron chi connectivity index (χ0n) is 13.2. The summed E-state index contributed by atoms with van der Waals surface area (Å²) >= 11 is 0. The lowest BCUT2D eigenvalue weighted by molar-refractivity contribution is -0.124. The summed E-state index contributed by atoms with van der Waals surface area (Å²) in [5.41, 5.74) is 6.50. The molecule has 1 aromatic carbocycles. The highest BCUT2D eigenvalue weighted by atomic mass is 16.5. The van der Waals surface area contributed by atoms with Gasteiger partial charge in [0, 0.05) is 37.3 Å². The van der Waals surface area contributed by atoms with Crippen LogP contribution in [0.2, 0.25) is 0 Å². The molecular formula is C17H23N3O3. The SMILES string of the molecule is NCC(NC(=O)COc1cccc(N2CCCC2=O)c1)C1CC1. The Morgan fingerprint density at radius 2 is 2.26 bits per heavy atom. The van der Waals surface area contributed by atoms with Gasteiger partial charge in [-0.05, 0) is 37.3 Å². The summed E-state index contributed by atoms with van der Waals surface area (Å²) in [4.78, 5) is 25.5. The van der Waals surface area contributed by atoms with Gasteiger partial charge in [0.25, 0.3) is 5.91 Å². The number of anilines is 1. The first-order valence-electron chi connectivity index (χ1n) is 8.20. The maximum Gasteiger partial charge on any atom is 0.258 e. The van der Waals surface area contributed by atoms with E-state index in [0.29, 0.717) is 24.6 Å². The van der Waals surface area contributed by atoms with Crippen LogP contribution in [0.4, 0.5) is 5.69 Å². The van der Waals surface area contributed by atoms with Gasteiger partial charge in [-0.3, -0.25) is 9.59 Å². The van der Waals surface area contributed by atoms with Crippen LogP contribution in [0.3, 0.4) is 0 Å². The number of benzene rings is 1. The van der Waals surface area contributed by atoms with Crippen molar-refractivity contribution in [2.24, 2.45) is 11.7 Å². The van der Waals surface area contributed by atoms with Gasteiger partial charge in [0.15, 0.2) is 6.61 Å². The first-order valence-corrected chi connectivity index (χ1v) is 8.20. The van der Waals surface area contributed by atoms with E-state index in [9.17, 15) is 9.59 Å². The van der Waals surface area contributed by atoms with E-state index < -0.39 is 0 Å². The fourth-order valence-corrected chi connectivity index (χ4v) is 2.93. The molecule has 1 aliphatic carbocycles. The molecule has 3 rings (SSSR count). The largest absolute Gasteiger partial charge is 0.484 e. The van der Waals surface area contributed by atoms with E-state index in [1.54, 1.807) is 17.0 Å². The highest BCUT2D eigenvalue weighted by Gasteiger charge is 2.31. The van der Waals surface area contributed by atoms with Crippen LogP contribution in [0.1, 0.15) is 25.7 Å². The van der Waals surface area contributed by atoms with Gasteiger partial charge >= 0.3 is 0 Å². The monoisotopic (exact) mass is 317 g/mol. The lowest BCUT2D eigenvalue weighted by atomic mass is 10.2. The Kier molecular flexibility index (Phi) is 4.81. The average Bonchev–Trinajstić information content (AvgIpc) is 3.32. The van der Waals surface area contributed by atoms with Crippen LogP contribution in [-0.4, -0.2) is 37.6 Å². The number of nitrogens with two attached hydrogens (primary N) is 1. The second-order valence-electron chi connectivity index (χ2n) is 6.18. The van der Waals surface area contributed by atoms with E-state index in [-0.39, 0.29) is 24.5 Å². The molecular weight excluding hydrogens is 294 g/mol. The summed E-state index contributed by atoms with van der Waals surface area (Å²) in [7, 11) is 0. The number of amides is 2. The van der Waals surface area contributed by atoms with Gasteiger partial charge in [0.2, 0.25) is 5.91 Å². The third-order valence-electron chi connectivity index (χ3n) is 4.36. The summed E-state index contributed by atoms with van der Waals surface area (Å²) in [6.45, 7) is 1.16. The van der Waals surface area contributed by atoms with Crippen molar-refractivity contribution in [2.75, 3.05) is 24.6 Å². The zero-order valence-corrected chi connectivity index (χ0v) is 13.2. The molecule has 124 valence electrons. The zero-order chi connectivity index (χ0) is 16.2. The smallest absolute Gasteiger partial charge is 0.258 e. The standard InChI is InChI=1S/C17H23N3O3/c18-10-15(12-6-7-12)19-16(21)11-23-14-4-1-3-13(9-14)20-8-2-5-17(20)22/h1,3-4,9,12,15H,2,5-8,10-11,18H2,(H,19,21). The van der Waals surface area contributed by atoms with Crippen molar-refractivity contribution < 1.29 is 14.3 Å². The van der Waals surface area contributed by atoms with Crippen LogP contribution >= 0.6 is 0 Å². The minimum Gasteiger partial charge on any atom is -0.484 e. The topological polar surface area (TPSA) is 84.7 Å². The van der Waals surface area contributed by atoms with E-state index in [1.807, 2.05) is 12.1 Å². The molecule has 1 aromatic rings. The molecule has 1 aliphatic heterocycles. The van der Waals surface area contributed by atoms with Gasteiger partial charge in [-0.1, -0.05) is 6.07 Å². The Morgan fingerprint density at radius 1 is 1.43 bits per heavy atom. The summed E-state index contributed by atoms with van der Waals surface area (Å²) in [5, 5.41) is 2.92. The second-order valence-corrected chi connectivity index (χ2v) is 6.18. The maximum absolute atomic E-state index is 12.0. The van der Waals surface area contributed by atoms with Crippen LogP contribution in [0, 0.1) is 5.92 Å². The van der Waals surface area contributed by atoms with Crippen molar-refractivity contribution in [3.05, 3.63) is 24.3 Å². The first-order chi connectivity index (χ1) is 11.2. The van der Waals surface area contributed by atoms with E-state index in [0.717, 1.165) is 31.5 Å². The summed E-state index contributed by atoms with van der Waals surface area (Å²) in [6, 6.07) is 7.37. The predicted molar refractivity (Wildman–Crippen MR) is 87.2 cm³/mol. The number of carbonyl (C=O) groups is 2. The van der Waals surface area contributed by atoms with Gasteiger partial charge < -0.3 is 20.7 Å². The third kappa shape index (κ3) is 4.01. The fourth-order valence-electron chi connectivity index (χ4n) is 2.93. The lowest BCUT2D eigenvalue weighted by Gasteiger charge is -2.18. The van der Waals surface area contributed by atoms with Crippen molar-refractivity contribution in [1.29, 1.82) is 0 Å². The Hall–Kier alpha value is -2.08. The Bertz CT molecular complexity index is 586. The van der Waals surface area contributed by atoms with Crippen LogP contribution in [0.5, 0.6) is 5.75 Å². The molecule has 0 spiro atoms. The van der Waals surface area contributed by atoms with E-state index >= 15 is 0 Å².